The van der Waals surface area contributed by atoms with Gasteiger partial charge >= 0.3 is 5.97 Å². The van der Waals surface area contributed by atoms with Crippen molar-refractivity contribution < 1.29 is 14.3 Å². The average molecular weight is 442 g/mol. The van der Waals surface area contributed by atoms with E-state index in [1.807, 2.05) is 36.7 Å². The fraction of sp³-hybridized carbons (Fsp3) is 0.227. The molecular weight excluding hydrogens is 422 g/mol. The Morgan fingerprint density at radius 3 is 2.87 bits per heavy atom. The van der Waals surface area contributed by atoms with Gasteiger partial charge in [0.15, 0.2) is 0 Å². The van der Waals surface area contributed by atoms with Crippen LogP contribution in [0.1, 0.15) is 17.4 Å². The van der Waals surface area contributed by atoms with Gasteiger partial charge in [-0.05, 0) is 60.4 Å². The molecule has 2 aromatic carbocycles. The highest BCUT2D eigenvalue weighted by molar-refractivity contribution is 7.06. The quantitative estimate of drug-likeness (QED) is 0.372. The van der Waals surface area contributed by atoms with Crippen LogP contribution >= 0.6 is 23.1 Å². The number of ether oxygens (including phenoxy) is 2. The zero-order chi connectivity index (χ0) is 21.1. The monoisotopic (exact) mass is 441 g/mol. The Morgan fingerprint density at radius 2 is 2.07 bits per heavy atom. The SMILES string of the molecule is CCn1cnc2cc(COC(=O)Cc3cc(-c4ccc(Cl)cc4OC)ns3)ccc21. The van der Waals surface area contributed by atoms with E-state index in [4.69, 9.17) is 21.1 Å². The summed E-state index contributed by atoms with van der Waals surface area (Å²) in [6.45, 7) is 3.15. The van der Waals surface area contributed by atoms with E-state index < -0.39 is 0 Å². The molecule has 0 aliphatic rings. The van der Waals surface area contributed by atoms with Crippen molar-refractivity contribution in [3.8, 4) is 17.0 Å². The van der Waals surface area contributed by atoms with Crippen molar-refractivity contribution >= 4 is 40.1 Å². The number of imidazole rings is 1. The summed E-state index contributed by atoms with van der Waals surface area (Å²) in [4.78, 5) is 17.5. The maximum atomic E-state index is 12.3. The van der Waals surface area contributed by atoms with Crippen LogP contribution in [0.3, 0.4) is 0 Å². The summed E-state index contributed by atoms with van der Waals surface area (Å²) >= 11 is 7.29. The number of fused-ring (bicyclic) bond motifs is 1. The van der Waals surface area contributed by atoms with E-state index in [1.54, 1.807) is 19.2 Å². The molecule has 0 saturated carbocycles. The summed E-state index contributed by atoms with van der Waals surface area (Å²) in [5, 5.41) is 0.592. The lowest BCUT2D eigenvalue weighted by Gasteiger charge is -2.06. The third kappa shape index (κ3) is 4.32. The number of hydrogen-bond acceptors (Lipinski definition) is 6. The Bertz CT molecular complexity index is 1200. The Morgan fingerprint density at radius 1 is 1.20 bits per heavy atom. The molecule has 0 aliphatic heterocycles. The molecule has 4 rings (SSSR count). The summed E-state index contributed by atoms with van der Waals surface area (Å²) in [6.07, 6.45) is 1.98. The van der Waals surface area contributed by atoms with Crippen LogP contribution in [-0.2, 0) is 29.1 Å². The van der Waals surface area contributed by atoms with Gasteiger partial charge in [0.25, 0.3) is 0 Å². The number of aromatic nitrogens is 3. The predicted molar refractivity (Wildman–Crippen MR) is 118 cm³/mol. The topological polar surface area (TPSA) is 66.2 Å². The second-order valence-electron chi connectivity index (χ2n) is 6.71. The van der Waals surface area contributed by atoms with Gasteiger partial charge in [-0.25, -0.2) is 4.98 Å². The minimum absolute atomic E-state index is 0.167. The van der Waals surface area contributed by atoms with Crippen molar-refractivity contribution in [2.75, 3.05) is 7.11 Å². The van der Waals surface area contributed by atoms with Crippen LogP contribution in [0.15, 0.2) is 48.8 Å². The van der Waals surface area contributed by atoms with Crippen LogP contribution in [0.25, 0.3) is 22.3 Å². The van der Waals surface area contributed by atoms with E-state index in [0.717, 1.165) is 39.3 Å². The van der Waals surface area contributed by atoms with Crippen LogP contribution in [-0.4, -0.2) is 27.0 Å². The van der Waals surface area contributed by atoms with E-state index in [-0.39, 0.29) is 19.0 Å². The molecule has 0 saturated heterocycles. The molecular formula is C22H20ClN3O3S. The standard InChI is InChI=1S/C22H20ClN3O3S/c1-3-26-13-24-19-8-14(4-7-20(19)26)12-29-22(27)11-16-10-18(25-30-16)17-6-5-15(23)9-21(17)28-2/h4-10,13H,3,11-12H2,1-2H3. The number of halogens is 1. The zero-order valence-corrected chi connectivity index (χ0v) is 18.2. The average Bonchev–Trinajstić information content (AvgIpc) is 3.38. The number of carbonyl (C=O) groups excluding carboxylic acids is 1. The fourth-order valence-corrected chi connectivity index (χ4v) is 4.08. The molecule has 154 valence electrons. The second kappa shape index (κ2) is 8.85. The fourth-order valence-electron chi connectivity index (χ4n) is 3.21. The third-order valence-corrected chi connectivity index (χ3v) is 5.76. The molecule has 0 radical (unpaired) electrons. The highest BCUT2D eigenvalue weighted by atomic mass is 35.5. The van der Waals surface area contributed by atoms with Gasteiger partial charge in [0.2, 0.25) is 0 Å². The van der Waals surface area contributed by atoms with E-state index in [0.29, 0.717) is 10.8 Å². The Balaban J connectivity index is 1.39. The molecule has 6 nitrogen and oxygen atoms in total. The molecule has 2 heterocycles. The van der Waals surface area contributed by atoms with Gasteiger partial charge < -0.3 is 14.0 Å². The molecule has 0 fully saturated rings. The Kier molecular flexibility index (Phi) is 6.01. The Labute approximate surface area is 183 Å². The van der Waals surface area contributed by atoms with Crippen molar-refractivity contribution in [3.63, 3.8) is 0 Å². The number of methoxy groups -OCH3 is 1. The van der Waals surface area contributed by atoms with Crippen molar-refractivity contribution in [2.45, 2.75) is 26.5 Å². The van der Waals surface area contributed by atoms with Crippen molar-refractivity contribution in [1.82, 2.24) is 13.9 Å². The van der Waals surface area contributed by atoms with Crippen LogP contribution in [0, 0.1) is 0 Å². The Hall–Kier alpha value is -2.90. The van der Waals surface area contributed by atoms with Crippen molar-refractivity contribution in [1.29, 1.82) is 0 Å². The lowest BCUT2D eigenvalue weighted by atomic mass is 10.1. The third-order valence-electron chi connectivity index (χ3n) is 4.74. The van der Waals surface area contributed by atoms with E-state index in [1.165, 1.54) is 11.5 Å². The minimum Gasteiger partial charge on any atom is -0.496 e. The first-order chi connectivity index (χ1) is 14.6. The number of hydrogen-bond donors (Lipinski definition) is 0. The summed E-state index contributed by atoms with van der Waals surface area (Å²) in [5.41, 5.74) is 4.45. The van der Waals surface area contributed by atoms with Gasteiger partial charge in [-0.1, -0.05) is 17.7 Å². The normalized spacial score (nSPS) is 11.0. The maximum absolute atomic E-state index is 12.3. The number of benzene rings is 2. The van der Waals surface area contributed by atoms with Crippen molar-refractivity contribution in [3.05, 3.63) is 64.3 Å². The zero-order valence-electron chi connectivity index (χ0n) is 16.6. The molecule has 0 amide bonds. The molecule has 2 aromatic heterocycles. The van der Waals surface area contributed by atoms with Gasteiger partial charge in [0.1, 0.15) is 12.4 Å². The number of nitrogens with zero attached hydrogens (tertiary/aromatic N) is 3. The number of carbonyl (C=O) groups is 1. The van der Waals surface area contributed by atoms with Gasteiger partial charge in [0.05, 0.1) is 36.6 Å². The first kappa shape index (κ1) is 20.4. The molecule has 0 atom stereocenters. The van der Waals surface area contributed by atoms with Crippen molar-refractivity contribution in [2.24, 2.45) is 0 Å². The highest BCUT2D eigenvalue weighted by Crippen LogP contribution is 2.33. The molecule has 0 N–H and O–H groups in total. The largest absolute Gasteiger partial charge is 0.496 e. The number of rotatable bonds is 7. The van der Waals surface area contributed by atoms with Gasteiger partial charge in [0, 0.05) is 22.0 Å². The first-order valence-corrected chi connectivity index (χ1v) is 10.6. The molecule has 0 aliphatic carbocycles. The van der Waals surface area contributed by atoms with Crippen LogP contribution in [0.4, 0.5) is 0 Å². The predicted octanol–water partition coefficient (Wildman–Crippen LogP) is 5.13. The number of esters is 1. The number of aryl methyl sites for hydroxylation is 1. The van der Waals surface area contributed by atoms with Gasteiger partial charge in [-0.3, -0.25) is 4.79 Å². The molecule has 0 unspecified atom stereocenters. The van der Waals surface area contributed by atoms with E-state index >= 15 is 0 Å². The second-order valence-corrected chi connectivity index (χ2v) is 8.04. The maximum Gasteiger partial charge on any atom is 0.311 e. The van der Waals surface area contributed by atoms with E-state index in [2.05, 4.69) is 20.8 Å². The molecule has 0 spiro atoms. The summed E-state index contributed by atoms with van der Waals surface area (Å²) in [7, 11) is 1.59. The molecule has 4 aromatic rings. The van der Waals surface area contributed by atoms with E-state index in [9.17, 15) is 4.79 Å². The summed E-state index contributed by atoms with van der Waals surface area (Å²) < 4.78 is 17.3. The van der Waals surface area contributed by atoms with Crippen LogP contribution in [0.5, 0.6) is 5.75 Å². The molecule has 8 heteroatoms. The lowest BCUT2D eigenvalue weighted by Crippen LogP contribution is -2.07. The summed E-state index contributed by atoms with van der Waals surface area (Å²) in [5.74, 6) is 0.343. The van der Waals surface area contributed by atoms with Gasteiger partial charge in [-0.2, -0.15) is 4.37 Å². The lowest BCUT2D eigenvalue weighted by molar-refractivity contribution is -0.144. The first-order valence-electron chi connectivity index (χ1n) is 9.46. The smallest absolute Gasteiger partial charge is 0.311 e. The highest BCUT2D eigenvalue weighted by Gasteiger charge is 2.14. The minimum atomic E-state index is -0.299. The van der Waals surface area contributed by atoms with Crippen LogP contribution in [0.2, 0.25) is 5.02 Å². The summed E-state index contributed by atoms with van der Waals surface area (Å²) in [6, 6.07) is 13.2. The molecule has 30 heavy (non-hydrogen) atoms. The molecule has 0 bridgehead atoms. The van der Waals surface area contributed by atoms with Crippen LogP contribution < -0.4 is 4.74 Å². The van der Waals surface area contributed by atoms with Gasteiger partial charge in [-0.15, -0.1) is 0 Å².